The monoisotopic (exact) mass is 485 g/mol. The Labute approximate surface area is 199 Å². The Hall–Kier alpha value is -4.23. The summed E-state index contributed by atoms with van der Waals surface area (Å²) in [7, 11) is 0. The Morgan fingerprint density at radius 1 is 0.971 bits per heavy atom. The summed E-state index contributed by atoms with van der Waals surface area (Å²) in [6.45, 7) is -1.17. The van der Waals surface area contributed by atoms with Crippen LogP contribution in [0, 0.1) is 0 Å². The van der Waals surface area contributed by atoms with Gasteiger partial charge >= 0.3 is 5.97 Å². The third-order valence-corrected chi connectivity index (χ3v) is 5.35. The molecule has 0 radical (unpaired) electrons. The number of carbonyl (C=O) groups excluding carboxylic acids is 3. The number of aromatic amines is 2. The van der Waals surface area contributed by atoms with Gasteiger partial charge in [-0.3, -0.25) is 14.4 Å². The lowest BCUT2D eigenvalue weighted by atomic mass is 10.0. The van der Waals surface area contributed by atoms with E-state index in [9.17, 15) is 24.3 Å². The maximum absolute atomic E-state index is 13.2. The van der Waals surface area contributed by atoms with Crippen LogP contribution < -0.4 is 21.7 Å². The maximum Gasteiger partial charge on any atom is 0.328 e. The largest absolute Gasteiger partial charge is 0.480 e. The summed E-state index contributed by atoms with van der Waals surface area (Å²) in [5, 5.41) is 26.6. The number of H-pyrrole nitrogens is 2. The molecule has 3 rings (SSSR count). The topological polar surface area (TPSA) is 215 Å². The number of carbonyl (C=O) groups is 4. The van der Waals surface area contributed by atoms with Crippen LogP contribution in [0.2, 0.25) is 0 Å². The molecule has 0 aliphatic rings. The number of aromatic nitrogens is 3. The molecule has 0 saturated carbocycles. The average Bonchev–Trinajstić information content (AvgIpc) is 3.51. The molecule has 35 heavy (non-hydrogen) atoms. The fourth-order valence-corrected chi connectivity index (χ4v) is 3.54. The molecule has 186 valence electrons. The predicted octanol–water partition coefficient (Wildman–Crippen LogP) is -1.83. The molecule has 9 N–H and O–H groups in total. The van der Waals surface area contributed by atoms with Gasteiger partial charge in [0.25, 0.3) is 0 Å². The smallest absolute Gasteiger partial charge is 0.328 e. The minimum atomic E-state index is -1.55. The van der Waals surface area contributed by atoms with Gasteiger partial charge in [-0.05, 0) is 11.6 Å². The van der Waals surface area contributed by atoms with Crippen LogP contribution in [-0.4, -0.2) is 80.1 Å². The van der Waals surface area contributed by atoms with Gasteiger partial charge in [-0.25, -0.2) is 9.78 Å². The van der Waals surface area contributed by atoms with Crippen LogP contribution in [-0.2, 0) is 32.0 Å². The summed E-state index contributed by atoms with van der Waals surface area (Å²) in [6, 6.07) is 3.60. The molecular formula is C22H27N7O6. The Kier molecular flexibility index (Phi) is 8.53. The molecule has 1 aromatic carbocycles. The number of hydrogen-bond donors (Lipinski definition) is 8. The molecule has 3 atom stereocenters. The van der Waals surface area contributed by atoms with Gasteiger partial charge in [-0.2, -0.15) is 0 Å². The highest BCUT2D eigenvalue weighted by Crippen LogP contribution is 2.19. The van der Waals surface area contributed by atoms with Crippen molar-refractivity contribution in [2.24, 2.45) is 5.73 Å². The molecule has 3 aromatic rings. The van der Waals surface area contributed by atoms with Crippen LogP contribution in [0.25, 0.3) is 10.9 Å². The standard InChI is InChI=1S/C22H27N7O6/c23-7-19(31)27-16(5-12-8-25-15-4-2-1-3-14(12)15)20(32)28-17(6-13-9-24-11-26-13)21(33)29-18(10-30)22(34)35/h1-4,8-9,11,16-18,25,30H,5-7,10,23H2,(H,24,26)(H,27,31)(H,28,32)(H,29,33)(H,34,35). The first-order valence-corrected chi connectivity index (χ1v) is 10.8. The molecule has 3 amide bonds. The number of carboxylic acids is 1. The van der Waals surface area contributed by atoms with Crippen molar-refractivity contribution in [1.29, 1.82) is 0 Å². The number of nitrogens with two attached hydrogens (primary N) is 1. The average molecular weight is 486 g/mol. The van der Waals surface area contributed by atoms with Gasteiger partial charge in [0.15, 0.2) is 0 Å². The van der Waals surface area contributed by atoms with Crippen LogP contribution >= 0.6 is 0 Å². The highest BCUT2D eigenvalue weighted by atomic mass is 16.4. The molecule has 0 fully saturated rings. The van der Waals surface area contributed by atoms with Crippen molar-refractivity contribution < 1.29 is 29.4 Å². The van der Waals surface area contributed by atoms with E-state index in [0.717, 1.165) is 16.5 Å². The Morgan fingerprint density at radius 2 is 1.66 bits per heavy atom. The minimum absolute atomic E-state index is 0.0417. The molecular weight excluding hydrogens is 458 g/mol. The number of aliphatic hydroxyl groups is 1. The van der Waals surface area contributed by atoms with Crippen molar-refractivity contribution in [1.82, 2.24) is 30.9 Å². The van der Waals surface area contributed by atoms with E-state index < -0.39 is 48.4 Å². The van der Waals surface area contributed by atoms with Crippen LogP contribution in [0.4, 0.5) is 0 Å². The van der Waals surface area contributed by atoms with Crippen molar-refractivity contribution >= 4 is 34.6 Å². The van der Waals surface area contributed by atoms with Crippen molar-refractivity contribution in [3.05, 3.63) is 54.2 Å². The highest BCUT2D eigenvalue weighted by Gasteiger charge is 2.30. The zero-order valence-electron chi connectivity index (χ0n) is 18.7. The van der Waals surface area contributed by atoms with Gasteiger partial charge in [-0.1, -0.05) is 18.2 Å². The molecule has 0 aliphatic carbocycles. The van der Waals surface area contributed by atoms with Gasteiger partial charge in [-0.15, -0.1) is 0 Å². The quantitative estimate of drug-likeness (QED) is 0.146. The Balaban J connectivity index is 1.82. The zero-order chi connectivity index (χ0) is 25.4. The molecule has 0 bridgehead atoms. The number of hydrogen-bond acceptors (Lipinski definition) is 7. The number of fused-ring (bicyclic) bond motifs is 1. The van der Waals surface area contributed by atoms with E-state index in [1.807, 2.05) is 24.3 Å². The number of nitrogens with zero attached hydrogens (tertiary/aromatic N) is 1. The first-order valence-electron chi connectivity index (χ1n) is 10.8. The third-order valence-electron chi connectivity index (χ3n) is 5.35. The molecule has 2 aromatic heterocycles. The fraction of sp³-hybridized carbons (Fsp3) is 0.318. The summed E-state index contributed by atoms with van der Waals surface area (Å²) < 4.78 is 0. The van der Waals surface area contributed by atoms with E-state index in [-0.39, 0.29) is 19.4 Å². The third kappa shape index (κ3) is 6.65. The second-order valence-corrected chi connectivity index (χ2v) is 7.81. The molecule has 3 unspecified atom stereocenters. The van der Waals surface area contributed by atoms with E-state index in [1.54, 1.807) is 6.20 Å². The van der Waals surface area contributed by atoms with E-state index >= 15 is 0 Å². The van der Waals surface area contributed by atoms with Gasteiger partial charge in [0.1, 0.15) is 18.1 Å². The number of aliphatic hydroxyl groups excluding tert-OH is 1. The highest BCUT2D eigenvalue weighted by molar-refractivity contribution is 5.94. The normalized spacial score (nSPS) is 13.5. The summed E-state index contributed by atoms with van der Waals surface area (Å²) in [5.74, 6) is -3.50. The van der Waals surface area contributed by atoms with Crippen LogP contribution in [0.3, 0.4) is 0 Å². The van der Waals surface area contributed by atoms with E-state index in [1.165, 1.54) is 12.5 Å². The van der Waals surface area contributed by atoms with Crippen LogP contribution in [0.1, 0.15) is 11.3 Å². The van der Waals surface area contributed by atoms with E-state index in [0.29, 0.717) is 5.69 Å². The molecule has 2 heterocycles. The van der Waals surface area contributed by atoms with Crippen molar-refractivity contribution in [3.8, 4) is 0 Å². The molecule has 0 saturated heterocycles. The Morgan fingerprint density at radius 3 is 2.29 bits per heavy atom. The number of para-hydroxylation sites is 1. The summed E-state index contributed by atoms with van der Waals surface area (Å²) >= 11 is 0. The second-order valence-electron chi connectivity index (χ2n) is 7.81. The lowest BCUT2D eigenvalue weighted by Crippen LogP contribution is -2.57. The summed E-state index contributed by atoms with van der Waals surface area (Å²) in [4.78, 5) is 59.1. The molecule has 13 nitrogen and oxygen atoms in total. The first-order chi connectivity index (χ1) is 16.8. The second kappa shape index (κ2) is 11.8. The lowest BCUT2D eigenvalue weighted by molar-refractivity contribution is -0.143. The van der Waals surface area contributed by atoms with Crippen LogP contribution in [0.5, 0.6) is 0 Å². The van der Waals surface area contributed by atoms with Crippen molar-refractivity contribution in [2.75, 3.05) is 13.2 Å². The van der Waals surface area contributed by atoms with Crippen molar-refractivity contribution in [3.63, 3.8) is 0 Å². The number of nitrogens with one attached hydrogen (secondary N) is 5. The zero-order valence-corrected chi connectivity index (χ0v) is 18.7. The number of imidazole rings is 1. The summed E-state index contributed by atoms with van der Waals surface area (Å²) in [5.41, 5.74) is 7.54. The first kappa shape index (κ1) is 25.4. The number of rotatable bonds is 12. The maximum atomic E-state index is 13.2. The number of benzene rings is 1. The van der Waals surface area contributed by atoms with Crippen LogP contribution in [0.15, 0.2) is 43.0 Å². The van der Waals surface area contributed by atoms with Gasteiger partial charge in [0.05, 0.1) is 19.5 Å². The number of amides is 3. The lowest BCUT2D eigenvalue weighted by Gasteiger charge is -2.24. The summed E-state index contributed by atoms with van der Waals surface area (Å²) in [6.07, 6.45) is 4.63. The van der Waals surface area contributed by atoms with Gasteiger partial charge in [0, 0.05) is 41.8 Å². The Bertz CT molecular complexity index is 1180. The molecule has 0 aliphatic heterocycles. The minimum Gasteiger partial charge on any atom is -0.480 e. The van der Waals surface area contributed by atoms with E-state index in [2.05, 4.69) is 30.9 Å². The predicted molar refractivity (Wildman–Crippen MR) is 124 cm³/mol. The van der Waals surface area contributed by atoms with Gasteiger partial charge < -0.3 is 41.9 Å². The van der Waals surface area contributed by atoms with E-state index in [4.69, 9.17) is 10.8 Å². The SMILES string of the molecule is NCC(=O)NC(Cc1c[nH]c2ccccc12)C(=O)NC(Cc1cnc[nH]1)C(=O)NC(CO)C(=O)O. The van der Waals surface area contributed by atoms with Crippen molar-refractivity contribution in [2.45, 2.75) is 31.0 Å². The number of aliphatic carboxylic acids is 1. The van der Waals surface area contributed by atoms with Gasteiger partial charge in [0.2, 0.25) is 17.7 Å². The molecule has 0 spiro atoms. The number of carboxylic acid groups (broad SMARTS) is 1. The molecule has 13 heteroatoms. The fourth-order valence-electron chi connectivity index (χ4n) is 3.54.